The Hall–Kier alpha value is 0.110. The second kappa shape index (κ2) is 2.31. The van der Waals surface area contributed by atoms with Crippen LogP contribution < -0.4 is 5.32 Å². The predicted molar refractivity (Wildman–Crippen MR) is 28.2 cm³/mol. The van der Waals surface area contributed by atoms with Gasteiger partial charge in [-0.15, -0.1) is 17.0 Å². The van der Waals surface area contributed by atoms with E-state index in [2.05, 4.69) is 5.32 Å². The Morgan fingerprint density at radius 1 is 1.50 bits per heavy atom. The second-order valence-corrected chi connectivity index (χ2v) is 1.14. The molecule has 0 aliphatic carbocycles. The first kappa shape index (κ1) is 6.11. The standard InChI is InChI=1S/C3H5NO.BrH/c5-3-1-4-2-3;/h4H,1-2H2;1H. The molecule has 0 amide bonds. The zero-order valence-electron chi connectivity index (χ0n) is 3.23. The number of nitrogens with one attached hydrogen (secondary N) is 1. The van der Waals surface area contributed by atoms with Crippen LogP contribution in [0.5, 0.6) is 0 Å². The molecule has 0 unspecified atom stereocenters. The number of hydrogen-bond donors (Lipinski definition) is 1. The van der Waals surface area contributed by atoms with Gasteiger partial charge in [-0.2, -0.15) is 0 Å². The number of carbonyl (C=O) groups is 1. The van der Waals surface area contributed by atoms with Gasteiger partial charge in [-0.1, -0.05) is 0 Å². The van der Waals surface area contributed by atoms with Gasteiger partial charge in [0.1, 0.15) is 0 Å². The zero-order chi connectivity index (χ0) is 3.70. The molecule has 6 heavy (non-hydrogen) atoms. The van der Waals surface area contributed by atoms with E-state index in [-0.39, 0.29) is 17.0 Å². The molecule has 0 aromatic rings. The Bertz CT molecular complexity index is 57.8. The van der Waals surface area contributed by atoms with Crippen molar-refractivity contribution in [2.75, 3.05) is 13.1 Å². The molecule has 2 nitrogen and oxygen atoms in total. The summed E-state index contributed by atoms with van der Waals surface area (Å²) >= 11 is 0. The molecule has 0 radical (unpaired) electrons. The van der Waals surface area contributed by atoms with Crippen LogP contribution in [0, 0.1) is 0 Å². The van der Waals surface area contributed by atoms with Gasteiger partial charge in [0, 0.05) is 0 Å². The SMILES string of the molecule is Br.O=C1CNC1. The van der Waals surface area contributed by atoms with Gasteiger partial charge in [0.15, 0.2) is 5.78 Å². The second-order valence-electron chi connectivity index (χ2n) is 1.14. The van der Waals surface area contributed by atoms with Gasteiger partial charge in [-0.05, 0) is 0 Å². The van der Waals surface area contributed by atoms with Crippen molar-refractivity contribution in [3.05, 3.63) is 0 Å². The molecule has 0 bridgehead atoms. The molecular weight excluding hydrogens is 146 g/mol. The fourth-order valence-electron chi connectivity index (χ4n) is 0.227. The molecule has 1 rings (SSSR count). The van der Waals surface area contributed by atoms with Gasteiger partial charge in [-0.25, -0.2) is 0 Å². The van der Waals surface area contributed by atoms with E-state index in [1.165, 1.54) is 0 Å². The first-order valence-electron chi connectivity index (χ1n) is 1.62. The molecule has 1 aliphatic rings. The van der Waals surface area contributed by atoms with Gasteiger partial charge < -0.3 is 5.32 Å². The van der Waals surface area contributed by atoms with E-state index in [9.17, 15) is 4.79 Å². The van der Waals surface area contributed by atoms with Crippen LogP contribution in [0.15, 0.2) is 0 Å². The van der Waals surface area contributed by atoms with Gasteiger partial charge in [0.25, 0.3) is 0 Å². The lowest BCUT2D eigenvalue weighted by Crippen LogP contribution is -2.42. The lowest BCUT2D eigenvalue weighted by atomic mass is 10.3. The summed E-state index contributed by atoms with van der Waals surface area (Å²) in [5.74, 6) is 0.324. The summed E-state index contributed by atoms with van der Waals surface area (Å²) in [6.07, 6.45) is 0. The Balaban J connectivity index is 0.000000250. The Kier molecular flexibility index (Phi) is 2.35. The van der Waals surface area contributed by atoms with E-state index in [1.807, 2.05) is 0 Å². The maximum absolute atomic E-state index is 9.84. The number of rotatable bonds is 0. The summed E-state index contributed by atoms with van der Waals surface area (Å²) in [5.41, 5.74) is 0. The highest BCUT2D eigenvalue weighted by Gasteiger charge is 2.07. The number of carbonyl (C=O) groups excluding carboxylic acids is 1. The summed E-state index contributed by atoms with van der Waals surface area (Å²) < 4.78 is 0. The first-order chi connectivity index (χ1) is 2.39. The molecule has 1 heterocycles. The minimum absolute atomic E-state index is 0. The van der Waals surface area contributed by atoms with E-state index in [4.69, 9.17) is 0 Å². The van der Waals surface area contributed by atoms with Crippen molar-refractivity contribution in [1.29, 1.82) is 0 Å². The highest BCUT2D eigenvalue weighted by Crippen LogP contribution is 1.75. The predicted octanol–water partition coefficient (Wildman–Crippen LogP) is -0.263. The average Bonchev–Trinajstić information content (AvgIpc) is 1.30. The summed E-state index contributed by atoms with van der Waals surface area (Å²) in [5, 5.41) is 2.81. The smallest absolute Gasteiger partial charge is 0.160 e. The third-order valence-electron chi connectivity index (χ3n) is 0.644. The van der Waals surface area contributed by atoms with Gasteiger partial charge >= 0.3 is 0 Å². The van der Waals surface area contributed by atoms with E-state index in [1.54, 1.807) is 0 Å². The van der Waals surface area contributed by atoms with Crippen molar-refractivity contribution in [1.82, 2.24) is 5.32 Å². The van der Waals surface area contributed by atoms with Crippen molar-refractivity contribution in [3.63, 3.8) is 0 Å². The van der Waals surface area contributed by atoms with Crippen LogP contribution in [-0.4, -0.2) is 18.9 Å². The van der Waals surface area contributed by atoms with Gasteiger partial charge in [0.05, 0.1) is 13.1 Å². The largest absolute Gasteiger partial charge is 0.303 e. The van der Waals surface area contributed by atoms with Crippen LogP contribution in [0.2, 0.25) is 0 Å². The summed E-state index contributed by atoms with van der Waals surface area (Å²) in [7, 11) is 0. The van der Waals surface area contributed by atoms with Crippen molar-refractivity contribution in [3.8, 4) is 0 Å². The third kappa shape index (κ3) is 1.06. The Morgan fingerprint density at radius 2 is 1.83 bits per heavy atom. The molecule has 36 valence electrons. The molecule has 1 aliphatic heterocycles. The molecule has 1 N–H and O–H groups in total. The van der Waals surface area contributed by atoms with Crippen LogP contribution in [0.1, 0.15) is 0 Å². The highest BCUT2D eigenvalue weighted by atomic mass is 79.9. The lowest BCUT2D eigenvalue weighted by Gasteiger charge is -2.08. The first-order valence-corrected chi connectivity index (χ1v) is 1.62. The monoisotopic (exact) mass is 151 g/mol. The number of halogens is 1. The highest BCUT2D eigenvalue weighted by molar-refractivity contribution is 8.93. The minimum atomic E-state index is 0. The third-order valence-corrected chi connectivity index (χ3v) is 0.644. The number of hydrogen-bond acceptors (Lipinski definition) is 2. The summed E-state index contributed by atoms with van der Waals surface area (Å²) in [4.78, 5) is 9.84. The maximum Gasteiger partial charge on any atom is 0.160 e. The molecular formula is C3H6BrNO. The van der Waals surface area contributed by atoms with E-state index in [0.29, 0.717) is 18.9 Å². The molecule has 1 saturated heterocycles. The fraction of sp³-hybridized carbons (Fsp3) is 0.667. The average molecular weight is 152 g/mol. The lowest BCUT2D eigenvalue weighted by molar-refractivity contribution is -0.121. The molecule has 0 aromatic heterocycles. The van der Waals surface area contributed by atoms with Crippen molar-refractivity contribution in [2.24, 2.45) is 0 Å². The molecule has 0 saturated carbocycles. The topological polar surface area (TPSA) is 29.1 Å². The Labute approximate surface area is 46.7 Å². The Morgan fingerprint density at radius 3 is 1.83 bits per heavy atom. The molecule has 0 atom stereocenters. The number of ketones is 1. The van der Waals surface area contributed by atoms with E-state index in [0.717, 1.165) is 0 Å². The molecule has 1 fully saturated rings. The number of Topliss-reactive ketones (excluding diaryl/α,β-unsaturated/α-hetero) is 1. The zero-order valence-corrected chi connectivity index (χ0v) is 4.94. The van der Waals surface area contributed by atoms with Crippen LogP contribution in [0.4, 0.5) is 0 Å². The van der Waals surface area contributed by atoms with Crippen LogP contribution in [0.25, 0.3) is 0 Å². The minimum Gasteiger partial charge on any atom is -0.303 e. The molecule has 3 heteroatoms. The van der Waals surface area contributed by atoms with Gasteiger partial charge in [-0.3, -0.25) is 4.79 Å². The van der Waals surface area contributed by atoms with Crippen molar-refractivity contribution in [2.45, 2.75) is 0 Å². The summed E-state index contributed by atoms with van der Waals surface area (Å²) in [6.45, 7) is 1.19. The normalized spacial score (nSPS) is 18.3. The van der Waals surface area contributed by atoms with Crippen LogP contribution >= 0.6 is 17.0 Å². The van der Waals surface area contributed by atoms with E-state index < -0.39 is 0 Å². The van der Waals surface area contributed by atoms with Crippen LogP contribution in [0.3, 0.4) is 0 Å². The summed E-state index contributed by atoms with van der Waals surface area (Å²) in [6, 6.07) is 0. The quantitative estimate of drug-likeness (QED) is 0.517. The van der Waals surface area contributed by atoms with Gasteiger partial charge in [0.2, 0.25) is 0 Å². The van der Waals surface area contributed by atoms with Crippen molar-refractivity contribution >= 4 is 22.8 Å². The maximum atomic E-state index is 9.84. The molecule has 0 aromatic carbocycles. The van der Waals surface area contributed by atoms with E-state index >= 15 is 0 Å². The molecule has 0 spiro atoms. The van der Waals surface area contributed by atoms with Crippen molar-refractivity contribution < 1.29 is 4.79 Å². The van der Waals surface area contributed by atoms with Crippen LogP contribution in [-0.2, 0) is 4.79 Å². The fourth-order valence-corrected chi connectivity index (χ4v) is 0.227.